The predicted octanol–water partition coefficient (Wildman–Crippen LogP) is 1.93. The number of imidazole rings is 1. The lowest BCUT2D eigenvalue weighted by Crippen LogP contribution is -2.44. The van der Waals surface area contributed by atoms with Crippen LogP contribution in [-0.2, 0) is 11.3 Å². The number of H-pyrrole nitrogens is 1. The smallest absolute Gasteiger partial charge is 0.475 e. The Bertz CT molecular complexity index is 1310. The Kier molecular flexibility index (Phi) is 8.17. The van der Waals surface area contributed by atoms with Gasteiger partial charge in [0.25, 0.3) is 5.56 Å². The lowest BCUT2D eigenvalue weighted by Gasteiger charge is -2.28. The zero-order valence-electron chi connectivity index (χ0n) is 18.1. The van der Waals surface area contributed by atoms with Gasteiger partial charge in [0.1, 0.15) is 0 Å². The summed E-state index contributed by atoms with van der Waals surface area (Å²) in [6.45, 7) is 2.50. The number of alkyl halides is 4. The van der Waals surface area contributed by atoms with Crippen LogP contribution in [0.1, 0.15) is 6.42 Å². The highest BCUT2D eigenvalue weighted by Crippen LogP contribution is 2.29. The van der Waals surface area contributed by atoms with E-state index in [1.807, 2.05) is 11.0 Å². The Labute approximate surface area is 199 Å². The van der Waals surface area contributed by atoms with E-state index >= 15 is 0 Å². The Hall–Kier alpha value is -3.39. The molecule has 0 spiro atoms. The second-order valence-corrected chi connectivity index (χ2v) is 7.77. The number of carbonyl (C=O) groups is 1. The maximum atomic E-state index is 12.7. The van der Waals surface area contributed by atoms with Gasteiger partial charge in [-0.15, -0.1) is 0 Å². The molecule has 0 amide bonds. The molecule has 10 nitrogen and oxygen atoms in total. The number of piperazine rings is 1. The van der Waals surface area contributed by atoms with Crippen molar-refractivity contribution >= 4 is 34.7 Å². The number of fused-ring (bicyclic) bond motifs is 1. The summed E-state index contributed by atoms with van der Waals surface area (Å²) in [7, 11) is 0. The normalized spacial score (nSPS) is 14.0. The van der Waals surface area contributed by atoms with Crippen LogP contribution in [0.15, 0.2) is 33.9 Å². The van der Waals surface area contributed by atoms with Crippen LogP contribution in [0.2, 0.25) is 5.02 Å². The quantitative estimate of drug-likeness (QED) is 0.439. The van der Waals surface area contributed by atoms with Crippen LogP contribution < -0.4 is 21.5 Å². The molecule has 15 heteroatoms. The van der Waals surface area contributed by atoms with Gasteiger partial charge < -0.3 is 15.3 Å². The standard InChI is InChI=1S/C18H20ClFN6O2.C2HF3O2/c19-12-4-1-2-5-13(12)26-14-15(22-17(26)24-10-7-21-8-11-24)25(9-3-6-20)18(28)23-16(14)27;3-2(4,5)1(6)7/h1-2,4-5,21H,3,6-11H2,(H,23,27,28);(H,6,7). The van der Waals surface area contributed by atoms with Crippen molar-refractivity contribution in [1.82, 2.24) is 24.4 Å². The Balaban J connectivity index is 0.000000429. The summed E-state index contributed by atoms with van der Waals surface area (Å²) in [6, 6.07) is 7.15. The van der Waals surface area contributed by atoms with Crippen molar-refractivity contribution in [3.05, 3.63) is 50.1 Å². The summed E-state index contributed by atoms with van der Waals surface area (Å²) in [5.74, 6) is -2.22. The summed E-state index contributed by atoms with van der Waals surface area (Å²) in [5.41, 5.74) is -0.0935. The van der Waals surface area contributed by atoms with Crippen molar-refractivity contribution in [2.75, 3.05) is 37.8 Å². The number of aliphatic carboxylic acids is 1. The van der Waals surface area contributed by atoms with Crippen molar-refractivity contribution in [3.8, 4) is 5.69 Å². The van der Waals surface area contributed by atoms with Crippen LogP contribution in [0.25, 0.3) is 16.9 Å². The first-order chi connectivity index (χ1) is 16.6. The van der Waals surface area contributed by atoms with E-state index in [4.69, 9.17) is 21.5 Å². The molecule has 2 aromatic heterocycles. The van der Waals surface area contributed by atoms with Gasteiger partial charge >= 0.3 is 17.8 Å². The van der Waals surface area contributed by atoms with Crippen molar-refractivity contribution in [1.29, 1.82) is 0 Å². The topological polar surface area (TPSA) is 125 Å². The van der Waals surface area contributed by atoms with Crippen molar-refractivity contribution < 1.29 is 27.5 Å². The van der Waals surface area contributed by atoms with Crippen molar-refractivity contribution in [2.24, 2.45) is 0 Å². The van der Waals surface area contributed by atoms with Crippen molar-refractivity contribution in [3.63, 3.8) is 0 Å². The average Bonchev–Trinajstić information content (AvgIpc) is 3.20. The number of rotatable bonds is 5. The van der Waals surface area contributed by atoms with Crippen LogP contribution >= 0.6 is 11.6 Å². The maximum Gasteiger partial charge on any atom is 0.490 e. The molecule has 1 saturated heterocycles. The number of carboxylic acid groups (broad SMARTS) is 1. The minimum Gasteiger partial charge on any atom is -0.475 e. The molecule has 0 atom stereocenters. The molecule has 4 rings (SSSR count). The second kappa shape index (κ2) is 10.9. The van der Waals surface area contributed by atoms with Gasteiger partial charge in [-0.25, -0.2) is 9.59 Å². The highest BCUT2D eigenvalue weighted by Gasteiger charge is 2.38. The predicted molar refractivity (Wildman–Crippen MR) is 120 cm³/mol. The third-order valence-electron chi connectivity index (χ3n) is 5.03. The summed E-state index contributed by atoms with van der Waals surface area (Å²) >= 11 is 6.42. The first kappa shape index (κ1) is 26.2. The van der Waals surface area contributed by atoms with E-state index in [-0.39, 0.29) is 24.1 Å². The fourth-order valence-corrected chi connectivity index (χ4v) is 3.69. The van der Waals surface area contributed by atoms with Gasteiger partial charge in [-0.3, -0.25) is 23.3 Å². The van der Waals surface area contributed by atoms with E-state index in [2.05, 4.69) is 15.3 Å². The number of nitrogens with one attached hydrogen (secondary N) is 2. The van der Waals surface area contributed by atoms with Crippen LogP contribution in [0.5, 0.6) is 0 Å². The Morgan fingerprint density at radius 3 is 2.37 bits per heavy atom. The largest absolute Gasteiger partial charge is 0.490 e. The fourth-order valence-electron chi connectivity index (χ4n) is 3.47. The molecule has 1 aromatic carbocycles. The third-order valence-corrected chi connectivity index (χ3v) is 5.35. The van der Waals surface area contributed by atoms with Gasteiger partial charge in [0, 0.05) is 32.7 Å². The van der Waals surface area contributed by atoms with Crippen LogP contribution in [0, 0.1) is 0 Å². The van der Waals surface area contributed by atoms with Gasteiger partial charge in [0.05, 0.1) is 17.4 Å². The molecular weight excluding hydrogens is 500 g/mol. The molecule has 0 aliphatic carbocycles. The number of aromatic nitrogens is 4. The first-order valence-electron chi connectivity index (χ1n) is 10.4. The molecule has 1 aliphatic heterocycles. The summed E-state index contributed by atoms with van der Waals surface area (Å²) in [4.78, 5) is 43.0. The number of nitrogens with zero attached hydrogens (tertiary/aromatic N) is 4. The molecule has 35 heavy (non-hydrogen) atoms. The molecule has 3 heterocycles. The molecule has 1 aliphatic rings. The molecule has 3 N–H and O–H groups in total. The highest BCUT2D eigenvalue weighted by atomic mass is 35.5. The Morgan fingerprint density at radius 2 is 1.80 bits per heavy atom. The zero-order valence-corrected chi connectivity index (χ0v) is 18.9. The van der Waals surface area contributed by atoms with Crippen LogP contribution in [0.3, 0.4) is 0 Å². The maximum absolute atomic E-state index is 12.7. The SMILES string of the molecule is O=C(O)C(F)(F)F.O=c1[nH]c(=O)n(CCCF)c2nc(N3CCNCC3)n(-c3ccccc3Cl)c12. The number of hydrogen-bond donors (Lipinski definition) is 3. The number of aromatic amines is 1. The van der Waals surface area contributed by atoms with E-state index in [1.54, 1.807) is 22.8 Å². The minimum absolute atomic E-state index is 0.128. The number of halogens is 5. The van der Waals surface area contributed by atoms with E-state index < -0.39 is 30.1 Å². The lowest BCUT2D eigenvalue weighted by molar-refractivity contribution is -0.192. The summed E-state index contributed by atoms with van der Waals surface area (Å²) < 4.78 is 47.5. The third kappa shape index (κ3) is 5.82. The molecule has 190 valence electrons. The highest BCUT2D eigenvalue weighted by molar-refractivity contribution is 6.32. The summed E-state index contributed by atoms with van der Waals surface area (Å²) in [6.07, 6.45) is -4.93. The van der Waals surface area contributed by atoms with E-state index in [1.165, 1.54) is 4.57 Å². The molecule has 0 bridgehead atoms. The van der Waals surface area contributed by atoms with Gasteiger partial charge in [0.2, 0.25) is 5.95 Å². The van der Waals surface area contributed by atoms with Gasteiger partial charge in [-0.2, -0.15) is 18.2 Å². The van der Waals surface area contributed by atoms with Crippen molar-refractivity contribution in [2.45, 2.75) is 19.1 Å². The monoisotopic (exact) mass is 520 g/mol. The lowest BCUT2D eigenvalue weighted by atomic mass is 10.3. The molecule has 0 saturated carbocycles. The number of aryl methyl sites for hydroxylation is 1. The van der Waals surface area contributed by atoms with E-state index in [9.17, 15) is 27.2 Å². The minimum atomic E-state index is -5.08. The van der Waals surface area contributed by atoms with Gasteiger partial charge in [-0.1, -0.05) is 23.7 Å². The van der Waals surface area contributed by atoms with Gasteiger partial charge in [0.15, 0.2) is 11.2 Å². The van der Waals surface area contributed by atoms with Gasteiger partial charge in [-0.05, 0) is 18.6 Å². The van der Waals surface area contributed by atoms with Crippen LogP contribution in [0.4, 0.5) is 23.5 Å². The number of para-hydroxylation sites is 1. The molecule has 0 radical (unpaired) electrons. The number of carboxylic acids is 1. The summed E-state index contributed by atoms with van der Waals surface area (Å²) in [5, 5.41) is 10.9. The van der Waals surface area contributed by atoms with Crippen LogP contribution in [-0.4, -0.2) is 69.2 Å². The van der Waals surface area contributed by atoms with E-state index in [0.29, 0.717) is 29.7 Å². The number of benzene rings is 1. The second-order valence-electron chi connectivity index (χ2n) is 7.36. The van der Waals surface area contributed by atoms with E-state index in [0.717, 1.165) is 13.1 Å². The molecule has 1 fully saturated rings. The number of anilines is 1. The number of hydrogen-bond acceptors (Lipinski definition) is 6. The fraction of sp³-hybridized carbons (Fsp3) is 0.400. The first-order valence-corrected chi connectivity index (χ1v) is 10.8. The molecule has 0 unspecified atom stereocenters. The molecular formula is C20H21ClF4N6O4. The Morgan fingerprint density at radius 1 is 1.17 bits per heavy atom. The molecule has 3 aromatic rings. The average molecular weight is 521 g/mol. The zero-order chi connectivity index (χ0) is 25.8.